The van der Waals surface area contributed by atoms with Crippen LogP contribution in [-0.2, 0) is 26.6 Å². The number of carbonyl (C=O) groups is 1. The SMILES string of the molecule is CO[Si](CCCOc1c(C(=O)c2cccc(-c3ccccc3O)c2OCCC[Si](OC)(OC)OC)cccc1-c1ccccc1O)(OC)OC. The minimum atomic E-state index is -2.86. The highest BCUT2D eigenvalue weighted by Crippen LogP contribution is 2.42. The third kappa shape index (κ3) is 8.80. The molecule has 0 saturated heterocycles. The molecule has 0 heterocycles. The third-order valence-electron chi connectivity index (χ3n) is 8.52. The van der Waals surface area contributed by atoms with Gasteiger partial charge in [0.1, 0.15) is 23.0 Å². The zero-order valence-electron chi connectivity index (χ0n) is 29.4. The summed E-state index contributed by atoms with van der Waals surface area (Å²) in [7, 11) is 3.60. The van der Waals surface area contributed by atoms with Gasteiger partial charge in [0, 0.05) is 77.0 Å². The van der Waals surface area contributed by atoms with Gasteiger partial charge in [-0.05, 0) is 37.1 Å². The first-order valence-corrected chi connectivity index (χ1v) is 20.0. The molecule has 0 saturated carbocycles. The average Bonchev–Trinajstić information content (AvgIpc) is 3.16. The monoisotopic (exact) mass is 722 g/mol. The fraction of sp³-hybridized carbons (Fsp3) is 0.324. The second-order valence-corrected chi connectivity index (χ2v) is 17.4. The summed E-state index contributed by atoms with van der Waals surface area (Å²) in [6.45, 7) is 0.419. The van der Waals surface area contributed by atoms with Crippen LogP contribution in [0.1, 0.15) is 28.8 Å². The molecule has 50 heavy (non-hydrogen) atoms. The van der Waals surface area contributed by atoms with Gasteiger partial charge in [0.05, 0.1) is 24.3 Å². The molecule has 268 valence electrons. The number of carbonyl (C=O) groups excluding carboxylic acids is 1. The summed E-state index contributed by atoms with van der Waals surface area (Å²) >= 11 is 0. The molecule has 0 aromatic heterocycles. The zero-order valence-corrected chi connectivity index (χ0v) is 31.4. The molecule has 0 amide bonds. The molecular weight excluding hydrogens is 677 g/mol. The van der Waals surface area contributed by atoms with Crippen LogP contribution in [0.3, 0.4) is 0 Å². The summed E-state index contributed by atoms with van der Waals surface area (Å²) in [6.07, 6.45) is 1.02. The van der Waals surface area contributed by atoms with Crippen molar-refractivity contribution in [3.8, 4) is 45.3 Å². The zero-order chi connectivity index (χ0) is 36.1. The van der Waals surface area contributed by atoms with Crippen molar-refractivity contribution in [3.63, 3.8) is 0 Å². The Kier molecular flexibility index (Phi) is 14.1. The van der Waals surface area contributed by atoms with Gasteiger partial charge in [-0.1, -0.05) is 60.7 Å². The van der Waals surface area contributed by atoms with Gasteiger partial charge in [-0.25, -0.2) is 0 Å². The van der Waals surface area contributed by atoms with E-state index in [0.29, 0.717) is 58.7 Å². The largest absolute Gasteiger partial charge is 0.507 e. The van der Waals surface area contributed by atoms with E-state index in [1.807, 2.05) is 0 Å². The van der Waals surface area contributed by atoms with Crippen LogP contribution in [-0.4, -0.2) is 89.5 Å². The molecule has 0 bridgehead atoms. The Balaban J connectivity index is 1.77. The highest BCUT2D eigenvalue weighted by atomic mass is 28.4. The first-order valence-electron chi connectivity index (χ1n) is 16.2. The van der Waals surface area contributed by atoms with E-state index in [9.17, 15) is 15.0 Å². The lowest BCUT2D eigenvalue weighted by Gasteiger charge is -2.24. The van der Waals surface area contributed by atoms with Crippen LogP contribution < -0.4 is 9.47 Å². The fourth-order valence-electron chi connectivity index (χ4n) is 5.75. The van der Waals surface area contributed by atoms with Gasteiger partial charge in [0.15, 0.2) is 0 Å². The maximum atomic E-state index is 14.7. The predicted octanol–water partition coefficient (Wildman–Crippen LogP) is 6.96. The van der Waals surface area contributed by atoms with Crippen molar-refractivity contribution in [3.05, 3.63) is 96.1 Å². The minimum absolute atomic E-state index is 0.0416. The number of para-hydroxylation sites is 4. The lowest BCUT2D eigenvalue weighted by molar-refractivity contribution is 0.102. The van der Waals surface area contributed by atoms with E-state index in [2.05, 4.69) is 0 Å². The number of aromatic hydroxyl groups is 2. The van der Waals surface area contributed by atoms with Crippen molar-refractivity contribution < 1.29 is 51.0 Å². The molecule has 11 nitrogen and oxygen atoms in total. The van der Waals surface area contributed by atoms with Crippen molar-refractivity contribution in [2.75, 3.05) is 55.9 Å². The maximum absolute atomic E-state index is 14.7. The van der Waals surface area contributed by atoms with Gasteiger partial charge in [0.25, 0.3) is 0 Å². The molecule has 13 heteroatoms. The quantitative estimate of drug-likeness (QED) is 0.0558. The van der Waals surface area contributed by atoms with Gasteiger partial charge in [-0.15, -0.1) is 0 Å². The van der Waals surface area contributed by atoms with Crippen molar-refractivity contribution >= 4 is 23.4 Å². The van der Waals surface area contributed by atoms with Crippen LogP contribution in [0.15, 0.2) is 84.9 Å². The summed E-state index contributed by atoms with van der Waals surface area (Å²) in [5, 5.41) is 21.6. The van der Waals surface area contributed by atoms with E-state index in [4.69, 9.17) is 36.0 Å². The molecule has 0 atom stereocenters. The Morgan fingerprint density at radius 1 is 0.500 bits per heavy atom. The summed E-state index contributed by atoms with van der Waals surface area (Å²) in [5.41, 5.74) is 2.64. The number of ether oxygens (including phenoxy) is 2. The van der Waals surface area contributed by atoms with Crippen LogP contribution >= 0.6 is 0 Å². The topological polar surface area (TPSA) is 131 Å². The van der Waals surface area contributed by atoms with E-state index in [-0.39, 0.29) is 41.6 Å². The molecule has 2 N–H and O–H groups in total. The number of ketones is 1. The summed E-state index contributed by atoms with van der Waals surface area (Å²) in [4.78, 5) is 14.7. The first-order chi connectivity index (χ1) is 24.2. The van der Waals surface area contributed by atoms with Gasteiger partial charge in [-0.3, -0.25) is 4.79 Å². The molecule has 0 unspecified atom stereocenters. The number of rotatable bonds is 20. The standard InChI is InChI=1S/C37H46O11Si2/c1-41-49(42-2,43-3)25-13-23-47-36-29(27-15-7-9-21-33(27)38)17-11-19-31(36)35(40)32-20-12-18-30(28-16-8-10-22-34(28)39)37(32)48-24-14-26-50(44-4,45-5)46-6/h7-12,15-22,38-39H,13-14,23-26H2,1-6H3. The average molecular weight is 723 g/mol. The van der Waals surface area contributed by atoms with Gasteiger partial charge in [0.2, 0.25) is 5.78 Å². The molecule has 0 fully saturated rings. The normalized spacial score (nSPS) is 11.8. The summed E-state index contributed by atoms with van der Waals surface area (Å²) < 4.78 is 46.2. The number of hydrogen-bond donors (Lipinski definition) is 2. The first kappa shape index (κ1) is 38.7. The number of hydrogen-bond acceptors (Lipinski definition) is 11. The molecule has 0 aliphatic heterocycles. The van der Waals surface area contributed by atoms with Crippen LogP contribution in [0, 0.1) is 0 Å². The van der Waals surface area contributed by atoms with Crippen molar-refractivity contribution in [1.29, 1.82) is 0 Å². The van der Waals surface area contributed by atoms with E-state index in [0.717, 1.165) is 0 Å². The van der Waals surface area contributed by atoms with E-state index in [1.54, 1.807) is 128 Å². The second kappa shape index (κ2) is 18.3. The van der Waals surface area contributed by atoms with E-state index >= 15 is 0 Å². The molecule has 0 aliphatic rings. The van der Waals surface area contributed by atoms with Crippen molar-refractivity contribution in [1.82, 2.24) is 0 Å². The van der Waals surface area contributed by atoms with E-state index < -0.39 is 17.6 Å². The van der Waals surface area contributed by atoms with Gasteiger partial charge in [-0.2, -0.15) is 0 Å². The number of phenols is 2. The molecular formula is C37H46O11Si2. The Morgan fingerprint density at radius 2 is 0.840 bits per heavy atom. The lowest BCUT2D eigenvalue weighted by Crippen LogP contribution is -2.42. The van der Waals surface area contributed by atoms with Crippen LogP contribution in [0.2, 0.25) is 12.1 Å². The van der Waals surface area contributed by atoms with Crippen molar-refractivity contribution in [2.45, 2.75) is 24.9 Å². The summed E-state index contributed by atoms with van der Waals surface area (Å²) in [6, 6.07) is 25.2. The molecule has 4 rings (SSSR count). The predicted molar refractivity (Wildman–Crippen MR) is 194 cm³/mol. The third-order valence-corrected chi connectivity index (χ3v) is 14.2. The fourth-order valence-corrected chi connectivity index (χ4v) is 9.13. The van der Waals surface area contributed by atoms with Crippen LogP contribution in [0.4, 0.5) is 0 Å². The summed E-state index contributed by atoms with van der Waals surface area (Å²) in [5.74, 6) is 0.315. The molecule has 4 aromatic rings. The number of phenolic OH excluding ortho intramolecular Hbond substituents is 2. The molecule has 0 radical (unpaired) electrons. The molecule has 0 spiro atoms. The Morgan fingerprint density at radius 3 is 1.18 bits per heavy atom. The Hall–Kier alpha value is -4.06. The van der Waals surface area contributed by atoms with Gasteiger partial charge < -0.3 is 46.2 Å². The Labute approximate surface area is 296 Å². The van der Waals surface area contributed by atoms with Crippen LogP contribution in [0.5, 0.6) is 23.0 Å². The minimum Gasteiger partial charge on any atom is -0.507 e. The highest BCUT2D eigenvalue weighted by molar-refractivity contribution is 6.60. The smallest absolute Gasteiger partial charge is 0.500 e. The Bertz CT molecular complexity index is 1570. The second-order valence-electron chi connectivity index (χ2n) is 11.2. The number of benzene rings is 4. The van der Waals surface area contributed by atoms with Crippen molar-refractivity contribution in [2.24, 2.45) is 0 Å². The molecule has 4 aromatic carbocycles. The molecule has 0 aliphatic carbocycles. The van der Waals surface area contributed by atoms with E-state index in [1.165, 1.54) is 0 Å². The van der Waals surface area contributed by atoms with Gasteiger partial charge >= 0.3 is 17.6 Å². The highest BCUT2D eigenvalue weighted by Gasteiger charge is 2.38. The lowest BCUT2D eigenvalue weighted by atomic mass is 9.93. The maximum Gasteiger partial charge on any atom is 0.500 e. The van der Waals surface area contributed by atoms with Crippen LogP contribution in [0.25, 0.3) is 22.3 Å².